The molecule has 1 aliphatic rings. The maximum atomic E-state index is 3.47. The zero-order valence-electron chi connectivity index (χ0n) is 11.6. The molecule has 18 heavy (non-hydrogen) atoms. The fraction of sp³-hybridized carbons (Fsp3) is 0.600. The molecule has 2 rings (SSSR count). The van der Waals surface area contributed by atoms with Crippen LogP contribution in [-0.4, -0.2) is 43.4 Å². The SMILES string of the molecule is CC(C)c1ccc(SCC2CNCCN2C)cc1. The van der Waals surface area contributed by atoms with Crippen molar-refractivity contribution in [2.75, 3.05) is 32.4 Å². The summed E-state index contributed by atoms with van der Waals surface area (Å²) in [5.74, 6) is 1.79. The lowest BCUT2D eigenvalue weighted by atomic mass is 10.0. The molecule has 0 radical (unpaired) electrons. The Kier molecular flexibility index (Phi) is 5.10. The highest BCUT2D eigenvalue weighted by Gasteiger charge is 2.18. The van der Waals surface area contributed by atoms with Crippen molar-refractivity contribution in [3.8, 4) is 0 Å². The monoisotopic (exact) mass is 264 g/mol. The minimum atomic E-state index is 0.623. The van der Waals surface area contributed by atoms with Gasteiger partial charge in [0.05, 0.1) is 0 Å². The first kappa shape index (κ1) is 13.9. The van der Waals surface area contributed by atoms with Gasteiger partial charge < -0.3 is 10.2 Å². The molecule has 1 aromatic rings. The summed E-state index contributed by atoms with van der Waals surface area (Å²) in [6.45, 7) is 7.89. The van der Waals surface area contributed by atoms with E-state index in [2.05, 4.69) is 55.4 Å². The summed E-state index contributed by atoms with van der Waals surface area (Å²) in [5.41, 5.74) is 1.43. The van der Waals surface area contributed by atoms with Crippen LogP contribution in [0.2, 0.25) is 0 Å². The van der Waals surface area contributed by atoms with Crippen LogP contribution in [0.25, 0.3) is 0 Å². The second kappa shape index (κ2) is 6.60. The van der Waals surface area contributed by atoms with Gasteiger partial charge in [0, 0.05) is 36.3 Å². The minimum Gasteiger partial charge on any atom is -0.314 e. The number of nitrogens with one attached hydrogen (secondary N) is 1. The molecular weight excluding hydrogens is 240 g/mol. The van der Waals surface area contributed by atoms with E-state index < -0.39 is 0 Å². The van der Waals surface area contributed by atoms with Gasteiger partial charge in [-0.25, -0.2) is 0 Å². The molecule has 2 nitrogen and oxygen atoms in total. The summed E-state index contributed by atoms with van der Waals surface area (Å²) in [7, 11) is 2.23. The third kappa shape index (κ3) is 3.74. The number of thioether (sulfide) groups is 1. The Morgan fingerprint density at radius 1 is 1.33 bits per heavy atom. The van der Waals surface area contributed by atoms with Crippen LogP contribution in [0.3, 0.4) is 0 Å². The quantitative estimate of drug-likeness (QED) is 0.842. The van der Waals surface area contributed by atoms with Gasteiger partial charge in [-0.05, 0) is 30.7 Å². The van der Waals surface area contributed by atoms with Crippen LogP contribution in [0.4, 0.5) is 0 Å². The number of hydrogen-bond acceptors (Lipinski definition) is 3. The van der Waals surface area contributed by atoms with E-state index >= 15 is 0 Å². The van der Waals surface area contributed by atoms with E-state index in [0.29, 0.717) is 12.0 Å². The van der Waals surface area contributed by atoms with Gasteiger partial charge in [-0.3, -0.25) is 0 Å². The van der Waals surface area contributed by atoms with E-state index in [4.69, 9.17) is 0 Å². The second-order valence-corrected chi connectivity index (χ2v) is 6.47. The number of hydrogen-bond donors (Lipinski definition) is 1. The number of benzene rings is 1. The Bertz CT molecular complexity index is 361. The minimum absolute atomic E-state index is 0.623. The van der Waals surface area contributed by atoms with Crippen LogP contribution in [0.1, 0.15) is 25.3 Å². The number of likely N-dealkylation sites (N-methyl/N-ethyl adjacent to an activating group) is 1. The van der Waals surface area contributed by atoms with Gasteiger partial charge in [0.2, 0.25) is 0 Å². The molecule has 1 atom stereocenters. The van der Waals surface area contributed by atoms with E-state index in [1.54, 1.807) is 0 Å². The van der Waals surface area contributed by atoms with Crippen molar-refractivity contribution in [3.63, 3.8) is 0 Å². The van der Waals surface area contributed by atoms with Gasteiger partial charge in [-0.15, -0.1) is 11.8 Å². The molecule has 0 spiro atoms. The Labute approximate surface area is 115 Å². The summed E-state index contributed by atoms with van der Waals surface area (Å²) >= 11 is 1.97. The third-order valence-electron chi connectivity index (χ3n) is 3.63. The van der Waals surface area contributed by atoms with Crippen molar-refractivity contribution in [1.29, 1.82) is 0 Å². The highest BCUT2D eigenvalue weighted by atomic mass is 32.2. The molecule has 0 amide bonds. The molecular formula is C15H24N2S. The van der Waals surface area contributed by atoms with Crippen molar-refractivity contribution < 1.29 is 0 Å². The van der Waals surface area contributed by atoms with E-state index in [9.17, 15) is 0 Å². The van der Waals surface area contributed by atoms with Crippen LogP contribution < -0.4 is 5.32 Å². The van der Waals surface area contributed by atoms with Crippen LogP contribution in [0.15, 0.2) is 29.2 Å². The molecule has 0 aliphatic carbocycles. The van der Waals surface area contributed by atoms with E-state index in [1.807, 2.05) is 11.8 Å². The lowest BCUT2D eigenvalue weighted by Gasteiger charge is -2.32. The fourth-order valence-corrected chi connectivity index (χ4v) is 3.28. The Morgan fingerprint density at radius 3 is 2.67 bits per heavy atom. The van der Waals surface area contributed by atoms with Crippen molar-refractivity contribution in [2.24, 2.45) is 0 Å². The topological polar surface area (TPSA) is 15.3 Å². The van der Waals surface area contributed by atoms with Crippen molar-refractivity contribution in [3.05, 3.63) is 29.8 Å². The van der Waals surface area contributed by atoms with Gasteiger partial charge in [-0.1, -0.05) is 26.0 Å². The van der Waals surface area contributed by atoms with Gasteiger partial charge in [0.1, 0.15) is 0 Å². The van der Waals surface area contributed by atoms with Crippen LogP contribution in [-0.2, 0) is 0 Å². The standard InChI is InChI=1S/C15H24N2S/c1-12(2)13-4-6-15(7-5-13)18-11-14-10-16-8-9-17(14)3/h4-7,12,14,16H,8-11H2,1-3H3. The third-order valence-corrected chi connectivity index (χ3v) is 4.79. The average molecular weight is 264 g/mol. The maximum absolute atomic E-state index is 3.47. The molecule has 1 unspecified atom stereocenters. The van der Waals surface area contributed by atoms with E-state index in [0.717, 1.165) is 19.6 Å². The first-order valence-electron chi connectivity index (χ1n) is 6.80. The van der Waals surface area contributed by atoms with Crippen molar-refractivity contribution in [1.82, 2.24) is 10.2 Å². The van der Waals surface area contributed by atoms with Gasteiger partial charge >= 0.3 is 0 Å². The summed E-state index contributed by atoms with van der Waals surface area (Å²) in [6, 6.07) is 9.70. The Morgan fingerprint density at radius 2 is 2.06 bits per heavy atom. The molecule has 1 aliphatic heterocycles. The molecule has 100 valence electrons. The van der Waals surface area contributed by atoms with Crippen LogP contribution in [0, 0.1) is 0 Å². The number of rotatable bonds is 4. The molecule has 0 saturated carbocycles. The summed E-state index contributed by atoms with van der Waals surface area (Å²) in [5, 5.41) is 3.47. The van der Waals surface area contributed by atoms with Gasteiger partial charge in [0.15, 0.2) is 0 Å². The molecule has 0 aromatic heterocycles. The van der Waals surface area contributed by atoms with Crippen molar-refractivity contribution >= 4 is 11.8 Å². The predicted octanol–water partition coefficient (Wildman–Crippen LogP) is 2.81. The van der Waals surface area contributed by atoms with E-state index in [1.165, 1.54) is 16.2 Å². The number of piperazine rings is 1. The fourth-order valence-electron chi connectivity index (χ4n) is 2.19. The first-order valence-corrected chi connectivity index (χ1v) is 7.79. The summed E-state index contributed by atoms with van der Waals surface area (Å²) in [4.78, 5) is 3.85. The molecule has 3 heteroatoms. The van der Waals surface area contributed by atoms with Crippen molar-refractivity contribution in [2.45, 2.75) is 30.7 Å². The highest BCUT2D eigenvalue weighted by Crippen LogP contribution is 2.23. The molecule has 0 bridgehead atoms. The molecule has 1 fully saturated rings. The van der Waals surface area contributed by atoms with Crippen LogP contribution >= 0.6 is 11.8 Å². The molecule has 1 N–H and O–H groups in total. The zero-order valence-corrected chi connectivity index (χ0v) is 12.5. The summed E-state index contributed by atoms with van der Waals surface area (Å²) < 4.78 is 0. The lowest BCUT2D eigenvalue weighted by Crippen LogP contribution is -2.50. The Hall–Kier alpha value is -0.510. The smallest absolute Gasteiger partial charge is 0.0312 e. The molecule has 1 heterocycles. The average Bonchev–Trinajstić information content (AvgIpc) is 2.38. The normalized spacial score (nSPS) is 21.4. The van der Waals surface area contributed by atoms with E-state index in [-0.39, 0.29) is 0 Å². The predicted molar refractivity (Wildman–Crippen MR) is 80.5 cm³/mol. The second-order valence-electron chi connectivity index (χ2n) is 5.37. The maximum Gasteiger partial charge on any atom is 0.0312 e. The molecule has 1 aromatic carbocycles. The van der Waals surface area contributed by atoms with Crippen LogP contribution in [0.5, 0.6) is 0 Å². The van der Waals surface area contributed by atoms with Gasteiger partial charge in [0.25, 0.3) is 0 Å². The van der Waals surface area contributed by atoms with Gasteiger partial charge in [-0.2, -0.15) is 0 Å². The lowest BCUT2D eigenvalue weighted by molar-refractivity contribution is 0.218. The zero-order chi connectivity index (χ0) is 13.0. The largest absolute Gasteiger partial charge is 0.314 e. The summed E-state index contributed by atoms with van der Waals surface area (Å²) in [6.07, 6.45) is 0. The molecule has 1 saturated heterocycles. The Balaban J connectivity index is 1.85. The first-order chi connectivity index (χ1) is 8.66. The highest BCUT2D eigenvalue weighted by molar-refractivity contribution is 7.99. The number of nitrogens with zero attached hydrogens (tertiary/aromatic N) is 1.